The molecule has 4 heteroatoms. The van der Waals surface area contributed by atoms with Crippen molar-refractivity contribution in [2.75, 3.05) is 0 Å². The molecule has 4 rings (SSSR count). The Morgan fingerprint density at radius 3 is 2.44 bits per heavy atom. The number of hydrogen-bond donors (Lipinski definition) is 0. The van der Waals surface area contributed by atoms with Gasteiger partial charge >= 0.3 is 0 Å². The summed E-state index contributed by atoms with van der Waals surface area (Å²) in [6.45, 7) is 13.5. The molecule has 0 amide bonds. The van der Waals surface area contributed by atoms with Crippen LogP contribution in [0.1, 0.15) is 42.3 Å². The summed E-state index contributed by atoms with van der Waals surface area (Å²) in [7, 11) is 2.11. The van der Waals surface area contributed by atoms with Crippen molar-refractivity contribution < 1.29 is 4.57 Å². The third kappa shape index (κ3) is 3.30. The Morgan fingerprint density at radius 2 is 1.74 bits per heavy atom. The van der Waals surface area contributed by atoms with Gasteiger partial charge in [-0.05, 0) is 60.9 Å². The van der Waals surface area contributed by atoms with Crippen molar-refractivity contribution in [3.8, 4) is 11.3 Å². The van der Waals surface area contributed by atoms with Crippen molar-refractivity contribution in [3.63, 3.8) is 0 Å². The second-order valence-corrected chi connectivity index (χ2v) is 11.1. The van der Waals surface area contributed by atoms with Gasteiger partial charge in [0.15, 0.2) is 5.69 Å². The fourth-order valence-corrected chi connectivity index (χ4v) is 6.73. The first-order chi connectivity index (χ1) is 12.6. The highest BCUT2D eigenvalue weighted by molar-refractivity contribution is 7.32. The van der Waals surface area contributed by atoms with Crippen molar-refractivity contribution in [2.45, 2.75) is 48.0 Å². The standard InChI is InChI=1S/C23H27N2S2/c1-13-8-14(2)15(3)17(9-13)20-22-19(24-12-25(20)7)21-18(27-22)10-16(26-21)11-23(4,5)6/h8-10,12H,11H2,1-7H3/q+1. The number of benzene rings is 1. The summed E-state index contributed by atoms with van der Waals surface area (Å²) < 4.78 is 6.20. The van der Waals surface area contributed by atoms with Crippen LogP contribution in [0.2, 0.25) is 0 Å². The van der Waals surface area contributed by atoms with Crippen LogP contribution in [-0.2, 0) is 13.5 Å². The van der Waals surface area contributed by atoms with Crippen LogP contribution < -0.4 is 4.57 Å². The van der Waals surface area contributed by atoms with Crippen LogP contribution >= 0.6 is 22.7 Å². The van der Waals surface area contributed by atoms with E-state index in [-0.39, 0.29) is 0 Å². The Morgan fingerprint density at radius 1 is 1.00 bits per heavy atom. The van der Waals surface area contributed by atoms with Gasteiger partial charge in [0.05, 0.1) is 16.4 Å². The molecule has 0 bridgehead atoms. The number of nitrogens with zero attached hydrogens (tertiary/aromatic N) is 2. The maximum absolute atomic E-state index is 4.82. The van der Waals surface area contributed by atoms with Crippen molar-refractivity contribution in [1.82, 2.24) is 4.98 Å². The Labute approximate surface area is 169 Å². The van der Waals surface area contributed by atoms with Crippen LogP contribution in [-0.4, -0.2) is 4.98 Å². The van der Waals surface area contributed by atoms with E-state index in [1.165, 1.54) is 46.9 Å². The fourth-order valence-electron chi connectivity index (χ4n) is 3.77. The zero-order chi connectivity index (χ0) is 19.5. The van der Waals surface area contributed by atoms with Gasteiger partial charge in [-0.3, -0.25) is 0 Å². The smallest absolute Gasteiger partial charge is 0.231 e. The van der Waals surface area contributed by atoms with E-state index in [1.54, 1.807) is 0 Å². The van der Waals surface area contributed by atoms with Crippen LogP contribution in [0, 0.1) is 26.2 Å². The molecule has 1 aromatic carbocycles. The lowest BCUT2D eigenvalue weighted by atomic mass is 9.92. The van der Waals surface area contributed by atoms with Crippen LogP contribution in [0.4, 0.5) is 0 Å². The molecule has 0 aliphatic heterocycles. The molecule has 0 N–H and O–H groups in total. The first-order valence-corrected chi connectivity index (χ1v) is 11.0. The lowest BCUT2D eigenvalue weighted by molar-refractivity contribution is -0.662. The van der Waals surface area contributed by atoms with Gasteiger partial charge in [-0.25, -0.2) is 4.57 Å². The first-order valence-electron chi connectivity index (χ1n) is 9.42. The highest BCUT2D eigenvalue weighted by atomic mass is 32.1. The zero-order valence-electron chi connectivity index (χ0n) is 17.2. The Kier molecular flexibility index (Phi) is 4.39. The molecule has 3 heterocycles. The topological polar surface area (TPSA) is 16.8 Å². The average Bonchev–Trinajstić information content (AvgIpc) is 3.06. The molecule has 2 nitrogen and oxygen atoms in total. The second kappa shape index (κ2) is 6.39. The van der Waals surface area contributed by atoms with E-state index in [1.807, 2.05) is 29.0 Å². The zero-order valence-corrected chi connectivity index (χ0v) is 18.9. The number of fused-ring (bicyclic) bond motifs is 3. The normalized spacial score (nSPS) is 12.4. The minimum absolute atomic E-state index is 0.310. The van der Waals surface area contributed by atoms with Crippen LogP contribution in [0.5, 0.6) is 0 Å². The Hall–Kier alpha value is -1.78. The van der Waals surface area contributed by atoms with Crippen molar-refractivity contribution >= 4 is 42.3 Å². The highest BCUT2D eigenvalue weighted by Gasteiger charge is 2.24. The lowest BCUT2D eigenvalue weighted by Crippen LogP contribution is -2.31. The third-order valence-electron chi connectivity index (χ3n) is 5.09. The Bertz CT molecular complexity index is 1170. The van der Waals surface area contributed by atoms with E-state index >= 15 is 0 Å². The molecule has 0 aliphatic carbocycles. The molecule has 0 aliphatic rings. The predicted molar refractivity (Wildman–Crippen MR) is 119 cm³/mol. The molecule has 0 fully saturated rings. The van der Waals surface area contributed by atoms with Gasteiger partial charge in [-0.15, -0.1) is 22.7 Å². The number of thiophene rings is 2. The molecule has 3 aromatic heterocycles. The van der Waals surface area contributed by atoms with E-state index in [0.29, 0.717) is 5.41 Å². The highest BCUT2D eigenvalue weighted by Crippen LogP contribution is 2.43. The molecule has 4 aromatic rings. The summed E-state index contributed by atoms with van der Waals surface area (Å²) in [6, 6.07) is 6.97. The van der Waals surface area contributed by atoms with E-state index in [4.69, 9.17) is 4.98 Å². The lowest BCUT2D eigenvalue weighted by Gasteiger charge is -2.16. The predicted octanol–water partition coefficient (Wildman–Crippen LogP) is 6.52. The summed E-state index contributed by atoms with van der Waals surface area (Å²) in [5.74, 6) is 0. The first kappa shape index (κ1) is 18.6. The minimum Gasteiger partial charge on any atom is -0.231 e. The maximum atomic E-state index is 4.82. The van der Waals surface area contributed by atoms with E-state index < -0.39 is 0 Å². The molecule has 27 heavy (non-hydrogen) atoms. The van der Waals surface area contributed by atoms with Crippen molar-refractivity contribution in [3.05, 3.63) is 46.1 Å². The van der Waals surface area contributed by atoms with Gasteiger partial charge in [0, 0.05) is 10.4 Å². The summed E-state index contributed by atoms with van der Waals surface area (Å²) >= 11 is 3.81. The fraction of sp³-hybridized carbons (Fsp3) is 0.391. The van der Waals surface area contributed by atoms with Gasteiger partial charge in [0.25, 0.3) is 6.33 Å². The number of aromatic nitrogens is 2. The summed E-state index contributed by atoms with van der Waals surface area (Å²) in [6.07, 6.45) is 3.09. The van der Waals surface area contributed by atoms with E-state index in [9.17, 15) is 0 Å². The van der Waals surface area contributed by atoms with Crippen molar-refractivity contribution in [2.24, 2.45) is 12.5 Å². The maximum Gasteiger partial charge on any atom is 0.287 e. The minimum atomic E-state index is 0.310. The molecule has 0 atom stereocenters. The van der Waals surface area contributed by atoms with Gasteiger partial charge in [0.2, 0.25) is 5.52 Å². The molecule has 0 radical (unpaired) electrons. The second-order valence-electron chi connectivity index (χ2n) is 8.88. The monoisotopic (exact) mass is 395 g/mol. The molecule has 140 valence electrons. The Balaban J connectivity index is 1.97. The quantitative estimate of drug-likeness (QED) is 0.353. The van der Waals surface area contributed by atoms with E-state index in [0.717, 1.165) is 11.9 Å². The molecule has 0 saturated carbocycles. The number of hydrogen-bond acceptors (Lipinski definition) is 3. The average molecular weight is 396 g/mol. The third-order valence-corrected chi connectivity index (χ3v) is 7.49. The van der Waals surface area contributed by atoms with Crippen LogP contribution in [0.15, 0.2) is 24.5 Å². The molecule has 0 spiro atoms. The SMILES string of the molecule is Cc1cc(C)c(C)c(-c2c3sc4cc(CC(C)(C)C)sc4c3nc[n+]2C)c1. The van der Waals surface area contributed by atoms with Crippen LogP contribution in [0.3, 0.4) is 0 Å². The number of rotatable bonds is 2. The summed E-state index contributed by atoms with van der Waals surface area (Å²) in [4.78, 5) is 6.29. The van der Waals surface area contributed by atoms with Gasteiger partial charge in [0.1, 0.15) is 4.70 Å². The molecule has 0 unspecified atom stereocenters. The van der Waals surface area contributed by atoms with Crippen molar-refractivity contribution in [1.29, 1.82) is 0 Å². The van der Waals surface area contributed by atoms with Gasteiger partial charge < -0.3 is 0 Å². The molecule has 0 saturated heterocycles. The largest absolute Gasteiger partial charge is 0.287 e. The van der Waals surface area contributed by atoms with E-state index in [2.05, 4.69) is 71.4 Å². The van der Waals surface area contributed by atoms with Crippen LogP contribution in [0.25, 0.3) is 30.9 Å². The molecular weight excluding hydrogens is 368 g/mol. The van der Waals surface area contributed by atoms with Gasteiger partial charge in [-0.2, -0.15) is 0 Å². The van der Waals surface area contributed by atoms with Gasteiger partial charge in [-0.1, -0.05) is 32.4 Å². The molecular formula is C23H27N2S2+. The summed E-state index contributed by atoms with van der Waals surface area (Å²) in [5, 5.41) is 0. The summed E-state index contributed by atoms with van der Waals surface area (Å²) in [5.41, 5.74) is 8.09. The number of aryl methyl sites for hydroxylation is 3.